The lowest BCUT2D eigenvalue weighted by atomic mass is 9.99. The van der Waals surface area contributed by atoms with E-state index < -0.39 is 0 Å². The summed E-state index contributed by atoms with van der Waals surface area (Å²) in [4.78, 5) is 16.4. The van der Waals surface area contributed by atoms with Crippen molar-refractivity contribution in [2.24, 2.45) is 10.9 Å². The van der Waals surface area contributed by atoms with Crippen LogP contribution in [0.5, 0.6) is 0 Å². The van der Waals surface area contributed by atoms with E-state index in [1.165, 1.54) is 12.8 Å². The molecule has 0 unspecified atom stereocenters. The van der Waals surface area contributed by atoms with E-state index in [4.69, 9.17) is 0 Å². The van der Waals surface area contributed by atoms with Gasteiger partial charge >= 0.3 is 0 Å². The van der Waals surface area contributed by atoms with Crippen molar-refractivity contribution in [3.05, 3.63) is 0 Å². The molecule has 0 atom stereocenters. The molecule has 0 aromatic carbocycles. The zero-order chi connectivity index (χ0) is 9.60. The molecule has 3 nitrogen and oxygen atoms in total. The molecular formula is C11H16N2O. The first kappa shape index (κ1) is 8.45. The first-order chi connectivity index (χ1) is 6.78. The minimum Gasteiger partial charge on any atom is -0.312 e. The highest BCUT2D eigenvalue weighted by Crippen LogP contribution is 2.38. The van der Waals surface area contributed by atoms with Crippen molar-refractivity contribution in [2.45, 2.75) is 50.5 Å². The number of hydrogen-bond donors (Lipinski definition) is 1. The monoisotopic (exact) mass is 192 g/mol. The summed E-state index contributed by atoms with van der Waals surface area (Å²) in [5.74, 6) is 1.95. The van der Waals surface area contributed by atoms with Crippen LogP contribution in [0.15, 0.2) is 4.99 Å². The Bertz CT molecular complexity index is 298. The average Bonchev–Trinajstić information content (AvgIpc) is 2.75. The Balaban J connectivity index is 1.77. The minimum absolute atomic E-state index is 0.172. The molecule has 76 valence electrons. The Labute approximate surface area is 84.0 Å². The quantitative estimate of drug-likeness (QED) is 0.709. The second kappa shape index (κ2) is 2.81. The van der Waals surface area contributed by atoms with E-state index in [1.807, 2.05) is 0 Å². The molecule has 1 amide bonds. The van der Waals surface area contributed by atoms with Crippen LogP contribution in [0, 0.1) is 5.92 Å². The number of amides is 1. The Kier molecular flexibility index (Phi) is 1.70. The Morgan fingerprint density at radius 3 is 2.71 bits per heavy atom. The van der Waals surface area contributed by atoms with E-state index >= 15 is 0 Å². The van der Waals surface area contributed by atoms with Crippen LogP contribution in [0.2, 0.25) is 0 Å². The molecule has 1 spiro atoms. The molecule has 1 aliphatic heterocycles. The Hall–Kier alpha value is -0.860. The summed E-state index contributed by atoms with van der Waals surface area (Å²) in [5, 5.41) is 2.97. The highest BCUT2D eigenvalue weighted by molar-refractivity contribution is 6.08. The number of rotatable bonds is 2. The predicted molar refractivity (Wildman–Crippen MR) is 54.1 cm³/mol. The molecule has 14 heavy (non-hydrogen) atoms. The van der Waals surface area contributed by atoms with Gasteiger partial charge < -0.3 is 5.32 Å². The summed E-state index contributed by atoms with van der Waals surface area (Å²) in [7, 11) is 0. The van der Waals surface area contributed by atoms with Crippen molar-refractivity contribution in [3.63, 3.8) is 0 Å². The topological polar surface area (TPSA) is 41.5 Å². The van der Waals surface area contributed by atoms with Gasteiger partial charge in [-0.1, -0.05) is 12.8 Å². The molecule has 0 aromatic heterocycles. The lowest BCUT2D eigenvalue weighted by Gasteiger charge is -2.14. The van der Waals surface area contributed by atoms with Crippen LogP contribution in [-0.4, -0.2) is 17.3 Å². The number of hydrogen-bond acceptors (Lipinski definition) is 2. The average molecular weight is 192 g/mol. The van der Waals surface area contributed by atoms with Crippen LogP contribution < -0.4 is 5.32 Å². The smallest absolute Gasteiger partial charge is 0.253 e. The number of carbonyl (C=O) groups excluding carboxylic acids is 1. The molecule has 1 heterocycles. The molecule has 3 aliphatic rings. The molecule has 3 rings (SSSR count). The lowest BCUT2D eigenvalue weighted by molar-refractivity contribution is -0.123. The molecule has 1 N–H and O–H groups in total. The van der Waals surface area contributed by atoms with E-state index in [0.29, 0.717) is 0 Å². The molecule has 0 radical (unpaired) electrons. The van der Waals surface area contributed by atoms with Crippen molar-refractivity contribution in [3.8, 4) is 0 Å². The fourth-order valence-electron chi connectivity index (χ4n) is 2.58. The fraction of sp³-hybridized carbons (Fsp3) is 0.818. The van der Waals surface area contributed by atoms with Gasteiger partial charge in [-0.05, 0) is 31.6 Å². The van der Waals surface area contributed by atoms with Crippen LogP contribution in [0.25, 0.3) is 0 Å². The molecule has 0 aromatic rings. The largest absolute Gasteiger partial charge is 0.312 e. The van der Waals surface area contributed by atoms with Gasteiger partial charge in [-0.15, -0.1) is 0 Å². The van der Waals surface area contributed by atoms with Crippen molar-refractivity contribution in [1.29, 1.82) is 0 Å². The fourth-order valence-corrected chi connectivity index (χ4v) is 2.58. The SMILES string of the molecule is O=C1NC(CC2CC2)=NC12CCCC2. The Morgan fingerprint density at radius 2 is 2.07 bits per heavy atom. The van der Waals surface area contributed by atoms with Gasteiger partial charge in [0.05, 0.1) is 0 Å². The second-order valence-electron chi connectivity index (χ2n) is 4.90. The van der Waals surface area contributed by atoms with E-state index in [2.05, 4.69) is 10.3 Å². The van der Waals surface area contributed by atoms with Crippen LogP contribution in [0.4, 0.5) is 0 Å². The summed E-state index contributed by atoms with van der Waals surface area (Å²) >= 11 is 0. The maximum atomic E-state index is 11.8. The van der Waals surface area contributed by atoms with Crippen molar-refractivity contribution in [1.82, 2.24) is 5.32 Å². The minimum atomic E-state index is -0.329. The molecular weight excluding hydrogens is 176 g/mol. The third-order valence-electron chi connectivity index (χ3n) is 3.64. The third kappa shape index (κ3) is 1.26. The van der Waals surface area contributed by atoms with E-state index in [9.17, 15) is 4.79 Å². The summed E-state index contributed by atoms with van der Waals surface area (Å²) in [6.07, 6.45) is 7.90. The first-order valence-electron chi connectivity index (χ1n) is 5.69. The van der Waals surface area contributed by atoms with E-state index in [0.717, 1.165) is 43.9 Å². The van der Waals surface area contributed by atoms with E-state index in [-0.39, 0.29) is 11.4 Å². The number of nitrogens with zero attached hydrogens (tertiary/aromatic N) is 1. The summed E-state index contributed by atoms with van der Waals surface area (Å²) < 4.78 is 0. The number of aliphatic imine (C=N–C) groups is 1. The maximum Gasteiger partial charge on any atom is 0.253 e. The Morgan fingerprint density at radius 1 is 1.36 bits per heavy atom. The van der Waals surface area contributed by atoms with Crippen molar-refractivity contribution >= 4 is 11.7 Å². The summed E-state index contributed by atoms with van der Waals surface area (Å²) in [6.45, 7) is 0. The molecule has 2 saturated carbocycles. The van der Waals surface area contributed by atoms with Crippen LogP contribution in [0.3, 0.4) is 0 Å². The molecule has 3 heteroatoms. The number of nitrogens with one attached hydrogen (secondary N) is 1. The van der Waals surface area contributed by atoms with E-state index in [1.54, 1.807) is 0 Å². The van der Waals surface area contributed by atoms with Gasteiger partial charge in [-0.2, -0.15) is 0 Å². The summed E-state index contributed by atoms with van der Waals surface area (Å²) in [6, 6.07) is 0. The molecule has 2 fully saturated rings. The lowest BCUT2D eigenvalue weighted by Crippen LogP contribution is -2.37. The zero-order valence-corrected chi connectivity index (χ0v) is 8.38. The normalized spacial score (nSPS) is 29.4. The van der Waals surface area contributed by atoms with Crippen LogP contribution in [-0.2, 0) is 4.79 Å². The highest BCUT2D eigenvalue weighted by atomic mass is 16.2. The van der Waals surface area contributed by atoms with Crippen LogP contribution in [0.1, 0.15) is 44.9 Å². The second-order valence-corrected chi connectivity index (χ2v) is 4.90. The van der Waals surface area contributed by atoms with Gasteiger partial charge in [0.25, 0.3) is 5.91 Å². The first-order valence-corrected chi connectivity index (χ1v) is 5.69. The molecule has 0 saturated heterocycles. The van der Waals surface area contributed by atoms with Gasteiger partial charge in [-0.3, -0.25) is 9.79 Å². The highest BCUT2D eigenvalue weighted by Gasteiger charge is 2.45. The van der Waals surface area contributed by atoms with Crippen molar-refractivity contribution in [2.75, 3.05) is 0 Å². The van der Waals surface area contributed by atoms with Gasteiger partial charge in [0.1, 0.15) is 11.4 Å². The number of carbonyl (C=O) groups is 1. The van der Waals surface area contributed by atoms with Gasteiger partial charge in [0.2, 0.25) is 0 Å². The molecule has 2 aliphatic carbocycles. The third-order valence-corrected chi connectivity index (χ3v) is 3.64. The predicted octanol–water partition coefficient (Wildman–Crippen LogP) is 1.63. The van der Waals surface area contributed by atoms with Gasteiger partial charge in [-0.25, -0.2) is 0 Å². The standard InChI is InChI=1S/C11H16N2O/c14-10-11(5-1-2-6-11)13-9(12-10)7-8-3-4-8/h8H,1-7H2,(H,12,13,14). The van der Waals surface area contributed by atoms with Gasteiger partial charge in [0.15, 0.2) is 0 Å². The zero-order valence-electron chi connectivity index (χ0n) is 8.38. The maximum absolute atomic E-state index is 11.8. The summed E-state index contributed by atoms with van der Waals surface area (Å²) in [5.41, 5.74) is -0.329. The van der Waals surface area contributed by atoms with Gasteiger partial charge in [0, 0.05) is 6.42 Å². The number of amidine groups is 1. The van der Waals surface area contributed by atoms with Crippen molar-refractivity contribution < 1.29 is 4.79 Å². The molecule has 0 bridgehead atoms. The van der Waals surface area contributed by atoms with Crippen LogP contribution >= 0.6 is 0 Å².